The highest BCUT2D eigenvalue weighted by Gasteiger charge is 2.24. The molecule has 0 N–H and O–H groups in total. The Labute approximate surface area is 109 Å². The minimum Gasteiger partial charge on any atom is -0.348 e. The van der Waals surface area contributed by atoms with E-state index in [-0.39, 0.29) is 4.90 Å². The number of sulfonamides is 1. The van der Waals surface area contributed by atoms with E-state index < -0.39 is 10.0 Å². The summed E-state index contributed by atoms with van der Waals surface area (Å²) in [6.45, 7) is 1.92. The first-order chi connectivity index (χ1) is 8.30. The highest BCUT2D eigenvalue weighted by atomic mass is 32.2. The van der Waals surface area contributed by atoms with Crippen molar-refractivity contribution in [2.75, 3.05) is 28.2 Å². The Morgan fingerprint density at radius 1 is 1.11 bits per heavy atom. The van der Waals surface area contributed by atoms with Gasteiger partial charge in [-0.2, -0.15) is 0 Å². The van der Waals surface area contributed by atoms with Crippen LogP contribution in [-0.2, 0) is 10.0 Å². The van der Waals surface area contributed by atoms with Crippen molar-refractivity contribution in [3.05, 3.63) is 29.8 Å². The van der Waals surface area contributed by atoms with Crippen molar-refractivity contribution in [2.45, 2.75) is 11.8 Å². The summed E-state index contributed by atoms with van der Waals surface area (Å²) in [7, 11) is 3.02. The first-order valence-electron chi connectivity index (χ1n) is 5.50. The van der Waals surface area contributed by atoms with Gasteiger partial charge in [0.15, 0.2) is 0 Å². The first kappa shape index (κ1) is 14.5. The standard InChI is InChI=1S/C12H19N3O2S/c1-10-6-8-11(9-7-10)18(16,17)15(5)12(13-2)14(3)4/h6-9H,1-5H3. The third-order valence-corrected chi connectivity index (χ3v) is 4.31. The van der Waals surface area contributed by atoms with Gasteiger partial charge in [-0.25, -0.2) is 12.7 Å². The average molecular weight is 269 g/mol. The maximum atomic E-state index is 12.4. The second-order valence-corrected chi connectivity index (χ2v) is 6.17. The van der Waals surface area contributed by atoms with Gasteiger partial charge in [-0.1, -0.05) is 17.7 Å². The number of hydrogen-bond acceptors (Lipinski definition) is 3. The monoisotopic (exact) mass is 269 g/mol. The minimum atomic E-state index is -3.55. The molecule has 18 heavy (non-hydrogen) atoms. The van der Waals surface area contributed by atoms with Gasteiger partial charge in [0.1, 0.15) is 0 Å². The van der Waals surface area contributed by atoms with Crippen LogP contribution >= 0.6 is 0 Å². The third kappa shape index (κ3) is 2.81. The van der Waals surface area contributed by atoms with E-state index >= 15 is 0 Å². The number of hydrogen-bond donors (Lipinski definition) is 0. The fourth-order valence-electron chi connectivity index (χ4n) is 1.60. The molecular weight excluding hydrogens is 250 g/mol. The van der Waals surface area contributed by atoms with Gasteiger partial charge in [0, 0.05) is 28.2 Å². The molecule has 1 aromatic rings. The molecular formula is C12H19N3O2S. The molecule has 6 heteroatoms. The maximum absolute atomic E-state index is 12.4. The zero-order valence-corrected chi connectivity index (χ0v) is 12.2. The topological polar surface area (TPSA) is 53.0 Å². The Bertz CT molecular complexity index is 533. The molecule has 0 aromatic heterocycles. The SMILES string of the molecule is CN=C(N(C)C)N(C)S(=O)(=O)c1ccc(C)cc1. The van der Waals surface area contributed by atoms with E-state index in [0.29, 0.717) is 5.96 Å². The van der Waals surface area contributed by atoms with Crippen LogP contribution in [-0.4, -0.2) is 51.8 Å². The Hall–Kier alpha value is -1.56. The lowest BCUT2D eigenvalue weighted by molar-refractivity contribution is 0.502. The molecule has 5 nitrogen and oxygen atoms in total. The quantitative estimate of drug-likeness (QED) is 0.598. The molecule has 0 amide bonds. The molecule has 100 valence electrons. The smallest absolute Gasteiger partial charge is 0.266 e. The number of nitrogens with zero attached hydrogens (tertiary/aromatic N) is 3. The molecule has 0 atom stereocenters. The zero-order valence-electron chi connectivity index (χ0n) is 11.4. The highest BCUT2D eigenvalue weighted by Crippen LogP contribution is 2.15. The van der Waals surface area contributed by atoms with Gasteiger partial charge in [-0.15, -0.1) is 0 Å². The van der Waals surface area contributed by atoms with Crippen LogP contribution < -0.4 is 0 Å². The van der Waals surface area contributed by atoms with Crippen LogP contribution in [0.15, 0.2) is 34.2 Å². The van der Waals surface area contributed by atoms with Gasteiger partial charge in [-0.05, 0) is 19.1 Å². The van der Waals surface area contributed by atoms with Crippen molar-refractivity contribution in [2.24, 2.45) is 4.99 Å². The largest absolute Gasteiger partial charge is 0.348 e. The van der Waals surface area contributed by atoms with E-state index in [1.807, 2.05) is 6.92 Å². The summed E-state index contributed by atoms with van der Waals surface area (Å²) in [5.74, 6) is 0.385. The normalized spacial score (nSPS) is 12.4. The molecule has 0 unspecified atom stereocenters. The van der Waals surface area contributed by atoms with Crippen molar-refractivity contribution >= 4 is 16.0 Å². The number of aliphatic imine (C=N–C) groups is 1. The summed E-state index contributed by atoms with van der Waals surface area (Å²) in [6, 6.07) is 6.76. The van der Waals surface area contributed by atoms with E-state index in [2.05, 4.69) is 4.99 Å². The van der Waals surface area contributed by atoms with Crippen molar-refractivity contribution < 1.29 is 8.42 Å². The van der Waals surface area contributed by atoms with E-state index in [0.717, 1.165) is 5.56 Å². The number of rotatable bonds is 2. The van der Waals surface area contributed by atoms with Gasteiger partial charge in [0.2, 0.25) is 5.96 Å². The van der Waals surface area contributed by atoms with E-state index in [9.17, 15) is 8.42 Å². The second-order valence-electron chi connectivity index (χ2n) is 4.20. The molecule has 1 aromatic carbocycles. The van der Waals surface area contributed by atoms with Crippen LogP contribution in [0.25, 0.3) is 0 Å². The van der Waals surface area contributed by atoms with Crippen molar-refractivity contribution in [1.82, 2.24) is 9.21 Å². The minimum absolute atomic E-state index is 0.263. The predicted molar refractivity (Wildman–Crippen MR) is 73.2 cm³/mol. The summed E-state index contributed by atoms with van der Waals surface area (Å²) in [6.07, 6.45) is 0. The van der Waals surface area contributed by atoms with Crippen molar-refractivity contribution in [3.8, 4) is 0 Å². The third-order valence-electron chi connectivity index (χ3n) is 2.56. The van der Waals surface area contributed by atoms with Crippen LogP contribution in [0.5, 0.6) is 0 Å². The Morgan fingerprint density at radius 2 is 1.61 bits per heavy atom. The molecule has 0 aliphatic carbocycles. The summed E-state index contributed by atoms with van der Waals surface area (Å²) < 4.78 is 25.9. The van der Waals surface area contributed by atoms with E-state index in [1.54, 1.807) is 50.3 Å². The summed E-state index contributed by atoms with van der Waals surface area (Å²) in [5, 5.41) is 0. The number of benzene rings is 1. The van der Waals surface area contributed by atoms with Gasteiger partial charge in [-0.3, -0.25) is 4.99 Å². The van der Waals surface area contributed by atoms with Gasteiger partial charge >= 0.3 is 0 Å². The van der Waals surface area contributed by atoms with E-state index in [1.165, 1.54) is 11.4 Å². The molecule has 0 radical (unpaired) electrons. The van der Waals surface area contributed by atoms with Crippen LogP contribution in [0.1, 0.15) is 5.56 Å². The highest BCUT2D eigenvalue weighted by molar-refractivity contribution is 7.89. The first-order valence-corrected chi connectivity index (χ1v) is 6.94. The molecule has 0 heterocycles. The predicted octanol–water partition coefficient (Wildman–Crippen LogP) is 1.16. The van der Waals surface area contributed by atoms with Crippen LogP contribution in [0.3, 0.4) is 0 Å². The average Bonchev–Trinajstić information content (AvgIpc) is 2.29. The second kappa shape index (κ2) is 5.39. The number of aryl methyl sites for hydroxylation is 1. The molecule has 0 spiro atoms. The lowest BCUT2D eigenvalue weighted by Gasteiger charge is -2.25. The summed E-state index contributed by atoms with van der Waals surface area (Å²) in [4.78, 5) is 5.91. The van der Waals surface area contributed by atoms with Gasteiger partial charge in [0.05, 0.1) is 4.90 Å². The molecule has 0 aliphatic rings. The van der Waals surface area contributed by atoms with Crippen molar-refractivity contribution in [1.29, 1.82) is 0 Å². The number of guanidine groups is 1. The Kier molecular flexibility index (Phi) is 4.34. The Balaban J connectivity index is 3.18. The molecule has 0 saturated heterocycles. The van der Waals surface area contributed by atoms with E-state index in [4.69, 9.17) is 0 Å². The van der Waals surface area contributed by atoms with Crippen LogP contribution in [0, 0.1) is 6.92 Å². The molecule has 0 aliphatic heterocycles. The molecule has 0 saturated carbocycles. The molecule has 0 bridgehead atoms. The lowest BCUT2D eigenvalue weighted by atomic mass is 10.2. The summed E-state index contributed by atoms with van der Waals surface area (Å²) >= 11 is 0. The molecule has 0 fully saturated rings. The molecule has 1 rings (SSSR count). The lowest BCUT2D eigenvalue weighted by Crippen LogP contribution is -2.41. The summed E-state index contributed by atoms with van der Waals surface area (Å²) in [5.41, 5.74) is 1.02. The van der Waals surface area contributed by atoms with Crippen LogP contribution in [0.4, 0.5) is 0 Å². The fourth-order valence-corrected chi connectivity index (χ4v) is 2.85. The Morgan fingerprint density at radius 3 is 2.00 bits per heavy atom. The van der Waals surface area contributed by atoms with Gasteiger partial charge in [0.25, 0.3) is 10.0 Å². The van der Waals surface area contributed by atoms with Crippen molar-refractivity contribution in [3.63, 3.8) is 0 Å². The maximum Gasteiger partial charge on any atom is 0.266 e. The van der Waals surface area contributed by atoms with Crippen LogP contribution in [0.2, 0.25) is 0 Å². The zero-order chi connectivity index (χ0) is 13.9. The fraction of sp³-hybridized carbons (Fsp3) is 0.417. The van der Waals surface area contributed by atoms with Gasteiger partial charge < -0.3 is 4.90 Å².